The van der Waals surface area contributed by atoms with Crippen LogP contribution in [0.25, 0.3) is 11.0 Å². The topological polar surface area (TPSA) is 54.6 Å². The third kappa shape index (κ3) is 1.76. The number of carboxylic acid groups (broad SMARTS) is 1. The van der Waals surface area contributed by atoms with Gasteiger partial charge in [0, 0.05) is 16.6 Å². The molecule has 1 aliphatic rings. The van der Waals surface area contributed by atoms with E-state index in [4.69, 9.17) is 5.11 Å². The summed E-state index contributed by atoms with van der Waals surface area (Å²) in [5.74, 6) is -0.927. The SMILES string of the molecule is O=C(O)/C=C/c1cnc2sc3c(n12)CCCC3. The second kappa shape index (κ2) is 4.00. The monoisotopic (exact) mass is 248 g/mol. The molecule has 0 aliphatic heterocycles. The summed E-state index contributed by atoms with van der Waals surface area (Å²) in [5.41, 5.74) is 2.18. The first-order chi connectivity index (χ1) is 8.25. The Bertz CT molecular complexity index is 609. The number of aryl methyl sites for hydroxylation is 2. The second-order valence-corrected chi connectivity index (χ2v) is 5.21. The summed E-state index contributed by atoms with van der Waals surface area (Å²) in [6, 6.07) is 0. The van der Waals surface area contributed by atoms with E-state index in [1.807, 2.05) is 0 Å². The molecule has 1 N–H and O–H groups in total. The molecule has 5 heteroatoms. The first-order valence-electron chi connectivity index (χ1n) is 5.65. The number of hydrogen-bond donors (Lipinski definition) is 1. The number of hydrogen-bond acceptors (Lipinski definition) is 3. The number of aliphatic carboxylic acids is 1. The van der Waals surface area contributed by atoms with E-state index in [1.165, 1.54) is 23.4 Å². The summed E-state index contributed by atoms with van der Waals surface area (Å²) in [6.45, 7) is 0. The van der Waals surface area contributed by atoms with Gasteiger partial charge in [-0.2, -0.15) is 0 Å². The highest BCUT2D eigenvalue weighted by molar-refractivity contribution is 7.17. The molecule has 17 heavy (non-hydrogen) atoms. The Hall–Kier alpha value is -1.62. The fourth-order valence-electron chi connectivity index (χ4n) is 2.28. The average Bonchev–Trinajstić information content (AvgIpc) is 2.84. The molecule has 4 nitrogen and oxygen atoms in total. The molecule has 0 spiro atoms. The quantitative estimate of drug-likeness (QED) is 0.830. The minimum Gasteiger partial charge on any atom is -0.478 e. The van der Waals surface area contributed by atoms with Crippen molar-refractivity contribution in [3.8, 4) is 0 Å². The van der Waals surface area contributed by atoms with Gasteiger partial charge in [-0.05, 0) is 31.8 Å². The van der Waals surface area contributed by atoms with Crippen molar-refractivity contribution in [2.45, 2.75) is 25.7 Å². The Kier molecular flexibility index (Phi) is 2.48. The van der Waals surface area contributed by atoms with Gasteiger partial charge in [-0.25, -0.2) is 9.78 Å². The summed E-state index contributed by atoms with van der Waals surface area (Å²) in [5, 5.41) is 8.66. The van der Waals surface area contributed by atoms with Crippen LogP contribution < -0.4 is 0 Å². The molecule has 88 valence electrons. The molecule has 0 aromatic carbocycles. The highest BCUT2D eigenvalue weighted by Gasteiger charge is 2.18. The lowest BCUT2D eigenvalue weighted by Crippen LogP contribution is -2.03. The van der Waals surface area contributed by atoms with Crippen LogP contribution in [-0.2, 0) is 17.6 Å². The molecule has 0 saturated heterocycles. The standard InChI is InChI=1S/C12H12N2O2S/c15-11(16)6-5-8-7-13-12-14(8)9-3-1-2-4-10(9)17-12/h5-7H,1-4H2,(H,15,16)/b6-5+. The first-order valence-corrected chi connectivity index (χ1v) is 6.46. The van der Waals surface area contributed by atoms with Crippen LogP contribution >= 0.6 is 11.3 Å². The zero-order valence-electron chi connectivity index (χ0n) is 9.22. The van der Waals surface area contributed by atoms with Crippen LogP contribution in [0.15, 0.2) is 12.3 Å². The molecule has 0 amide bonds. The lowest BCUT2D eigenvalue weighted by molar-refractivity contribution is -0.131. The summed E-state index contributed by atoms with van der Waals surface area (Å²) in [4.78, 5) is 17.3. The number of carboxylic acids is 1. The number of nitrogens with zero attached hydrogens (tertiary/aromatic N) is 2. The zero-order chi connectivity index (χ0) is 11.8. The van der Waals surface area contributed by atoms with E-state index in [2.05, 4.69) is 9.38 Å². The number of fused-ring (bicyclic) bond motifs is 3. The van der Waals surface area contributed by atoms with Gasteiger partial charge >= 0.3 is 5.97 Å². The fraction of sp³-hybridized carbons (Fsp3) is 0.333. The van der Waals surface area contributed by atoms with Gasteiger partial charge in [0.1, 0.15) is 0 Å². The van der Waals surface area contributed by atoms with E-state index in [0.29, 0.717) is 0 Å². The molecule has 1 aliphatic carbocycles. The van der Waals surface area contributed by atoms with Gasteiger partial charge in [0.2, 0.25) is 0 Å². The molecule has 2 aromatic heterocycles. The molecule has 0 bridgehead atoms. The predicted octanol–water partition coefficient (Wildman–Crippen LogP) is 2.37. The highest BCUT2D eigenvalue weighted by atomic mass is 32.1. The smallest absolute Gasteiger partial charge is 0.328 e. The summed E-state index contributed by atoms with van der Waals surface area (Å²) >= 11 is 1.73. The largest absolute Gasteiger partial charge is 0.478 e. The van der Waals surface area contributed by atoms with Gasteiger partial charge in [-0.1, -0.05) is 0 Å². The van der Waals surface area contributed by atoms with E-state index in [0.717, 1.165) is 29.6 Å². The van der Waals surface area contributed by atoms with Crippen LogP contribution in [0.5, 0.6) is 0 Å². The Morgan fingerprint density at radius 1 is 1.47 bits per heavy atom. The van der Waals surface area contributed by atoms with Crippen molar-refractivity contribution in [1.82, 2.24) is 9.38 Å². The maximum absolute atomic E-state index is 10.5. The Labute approximate surface area is 102 Å². The van der Waals surface area contributed by atoms with Crippen LogP contribution in [0.1, 0.15) is 29.1 Å². The third-order valence-corrected chi connectivity index (χ3v) is 4.18. The van der Waals surface area contributed by atoms with Crippen molar-refractivity contribution in [3.63, 3.8) is 0 Å². The van der Waals surface area contributed by atoms with Gasteiger partial charge in [0.15, 0.2) is 4.96 Å². The molecule has 2 heterocycles. The minimum atomic E-state index is -0.927. The third-order valence-electron chi connectivity index (χ3n) is 3.03. The molecule has 0 unspecified atom stereocenters. The zero-order valence-corrected chi connectivity index (χ0v) is 10.0. The highest BCUT2D eigenvalue weighted by Crippen LogP contribution is 2.30. The van der Waals surface area contributed by atoms with E-state index >= 15 is 0 Å². The maximum atomic E-state index is 10.5. The van der Waals surface area contributed by atoms with Crippen molar-refractivity contribution in [2.75, 3.05) is 0 Å². The van der Waals surface area contributed by atoms with E-state index < -0.39 is 5.97 Å². The van der Waals surface area contributed by atoms with Crippen molar-refractivity contribution in [1.29, 1.82) is 0 Å². The van der Waals surface area contributed by atoms with Gasteiger partial charge in [-0.15, -0.1) is 11.3 Å². The normalized spacial score (nSPS) is 15.5. The van der Waals surface area contributed by atoms with Crippen molar-refractivity contribution in [2.24, 2.45) is 0 Å². The number of thiazole rings is 1. The molecule has 0 atom stereocenters. The van der Waals surface area contributed by atoms with Crippen LogP contribution in [0.2, 0.25) is 0 Å². The molecule has 0 radical (unpaired) electrons. The van der Waals surface area contributed by atoms with Crippen molar-refractivity contribution < 1.29 is 9.90 Å². The molecule has 3 rings (SSSR count). The second-order valence-electron chi connectivity index (χ2n) is 4.15. The van der Waals surface area contributed by atoms with E-state index in [9.17, 15) is 4.79 Å². The number of aromatic nitrogens is 2. The predicted molar refractivity (Wildman–Crippen MR) is 66.4 cm³/mol. The molecular weight excluding hydrogens is 236 g/mol. The van der Waals surface area contributed by atoms with Crippen LogP contribution in [0, 0.1) is 0 Å². The van der Waals surface area contributed by atoms with Crippen LogP contribution in [0.4, 0.5) is 0 Å². The summed E-state index contributed by atoms with van der Waals surface area (Å²) in [6.07, 6.45) is 9.17. The van der Waals surface area contributed by atoms with Crippen molar-refractivity contribution in [3.05, 3.63) is 28.5 Å². The van der Waals surface area contributed by atoms with Gasteiger partial charge < -0.3 is 5.11 Å². The molecule has 0 saturated carbocycles. The van der Waals surface area contributed by atoms with Gasteiger partial charge in [0.25, 0.3) is 0 Å². The Balaban J connectivity index is 2.13. The van der Waals surface area contributed by atoms with Gasteiger partial charge in [0.05, 0.1) is 11.9 Å². The lowest BCUT2D eigenvalue weighted by atomic mass is 10.0. The lowest BCUT2D eigenvalue weighted by Gasteiger charge is -2.10. The maximum Gasteiger partial charge on any atom is 0.328 e. The molecule has 0 fully saturated rings. The first kappa shape index (κ1) is 10.5. The van der Waals surface area contributed by atoms with Gasteiger partial charge in [-0.3, -0.25) is 4.40 Å². The molecular formula is C12H12N2O2S. The Morgan fingerprint density at radius 3 is 3.12 bits per heavy atom. The van der Waals surface area contributed by atoms with Crippen LogP contribution in [-0.4, -0.2) is 20.5 Å². The molecule has 2 aromatic rings. The number of rotatable bonds is 2. The Morgan fingerprint density at radius 2 is 2.29 bits per heavy atom. The number of carbonyl (C=O) groups is 1. The average molecular weight is 248 g/mol. The summed E-state index contributed by atoms with van der Waals surface area (Å²) in [7, 11) is 0. The van der Waals surface area contributed by atoms with Crippen LogP contribution in [0.3, 0.4) is 0 Å². The fourth-order valence-corrected chi connectivity index (χ4v) is 3.47. The summed E-state index contributed by atoms with van der Waals surface area (Å²) < 4.78 is 2.10. The number of imidazole rings is 1. The van der Waals surface area contributed by atoms with E-state index in [-0.39, 0.29) is 0 Å². The van der Waals surface area contributed by atoms with E-state index in [1.54, 1.807) is 23.6 Å². The van der Waals surface area contributed by atoms with Crippen molar-refractivity contribution >= 4 is 28.3 Å². The minimum absolute atomic E-state index is 0.863.